The lowest BCUT2D eigenvalue weighted by Gasteiger charge is -2.06. The first-order chi connectivity index (χ1) is 7.22. The van der Waals surface area contributed by atoms with E-state index in [1.165, 1.54) is 5.01 Å². The van der Waals surface area contributed by atoms with Gasteiger partial charge in [0.05, 0.1) is 5.29 Å². The lowest BCUT2D eigenvalue weighted by atomic mass is 10.1. The molecular weight excluding hydrogens is 194 g/mol. The summed E-state index contributed by atoms with van der Waals surface area (Å²) in [6.45, 7) is 0.364. The highest BCUT2D eigenvalue weighted by molar-refractivity contribution is 5.80. The summed E-state index contributed by atoms with van der Waals surface area (Å²) in [5.74, 6) is 0.0819. The molecule has 0 unspecified atom stereocenters. The Kier molecular flexibility index (Phi) is 4.40. The van der Waals surface area contributed by atoms with Crippen LogP contribution < -0.4 is 0 Å². The fourth-order valence-electron chi connectivity index (χ4n) is 1.15. The van der Waals surface area contributed by atoms with Gasteiger partial charge in [0.2, 0.25) is 0 Å². The van der Waals surface area contributed by atoms with Crippen LogP contribution >= 0.6 is 0 Å². The topological polar surface area (TPSA) is 62.6 Å². The first-order valence-electron chi connectivity index (χ1n) is 4.67. The predicted molar refractivity (Wildman–Crippen MR) is 56.0 cm³/mol. The van der Waals surface area contributed by atoms with Crippen molar-refractivity contribution in [1.82, 2.24) is 9.99 Å². The quantitative estimate of drug-likeness (QED) is 0.519. The molecule has 0 saturated heterocycles. The first-order valence-corrected chi connectivity index (χ1v) is 4.67. The molecular formula is C10H13N3O2. The van der Waals surface area contributed by atoms with E-state index in [1.54, 1.807) is 25.5 Å². The molecule has 1 aromatic heterocycles. The number of nitroso groups, excluding NO2 is 1. The van der Waals surface area contributed by atoms with Gasteiger partial charge in [0.1, 0.15) is 5.78 Å². The fraction of sp³-hybridized carbons (Fsp3) is 0.400. The maximum absolute atomic E-state index is 11.4. The van der Waals surface area contributed by atoms with Gasteiger partial charge in [-0.1, -0.05) is 6.07 Å². The standard InChI is InChI=1S/C10H13N3O2/c1-13(12-15)6-4-10(14)7-9-3-2-5-11-8-9/h2-3,5,8H,4,6-7H2,1H3. The minimum atomic E-state index is 0.0819. The Hall–Kier alpha value is -1.78. The highest BCUT2D eigenvalue weighted by Crippen LogP contribution is 2.00. The molecule has 0 amide bonds. The second-order valence-corrected chi connectivity index (χ2v) is 3.29. The molecule has 0 aliphatic carbocycles. The molecule has 0 N–H and O–H groups in total. The zero-order valence-electron chi connectivity index (χ0n) is 8.59. The highest BCUT2D eigenvalue weighted by atomic mass is 16.3. The summed E-state index contributed by atoms with van der Waals surface area (Å²) in [5.41, 5.74) is 0.893. The van der Waals surface area contributed by atoms with Crippen molar-refractivity contribution >= 4 is 5.78 Å². The maximum atomic E-state index is 11.4. The molecule has 5 nitrogen and oxygen atoms in total. The van der Waals surface area contributed by atoms with Crippen LogP contribution in [0, 0.1) is 4.91 Å². The molecule has 0 bridgehead atoms. The van der Waals surface area contributed by atoms with Crippen molar-refractivity contribution < 1.29 is 4.79 Å². The fourth-order valence-corrected chi connectivity index (χ4v) is 1.15. The first kappa shape index (κ1) is 11.3. The Labute approximate surface area is 88.1 Å². The summed E-state index contributed by atoms with van der Waals surface area (Å²) in [4.78, 5) is 25.4. The van der Waals surface area contributed by atoms with Crippen LogP contribution in [0.3, 0.4) is 0 Å². The number of Topliss-reactive ketones (excluding diaryl/α,β-unsaturated/α-hetero) is 1. The molecule has 1 aromatic rings. The zero-order chi connectivity index (χ0) is 11.1. The van der Waals surface area contributed by atoms with Gasteiger partial charge in [0.15, 0.2) is 0 Å². The SMILES string of the molecule is CN(CCC(=O)Cc1cccnc1)N=O. The number of carbonyl (C=O) groups excluding carboxylic acids is 1. The molecule has 1 heterocycles. The van der Waals surface area contributed by atoms with Crippen molar-refractivity contribution in [3.05, 3.63) is 35.0 Å². The molecule has 0 aliphatic rings. The molecule has 15 heavy (non-hydrogen) atoms. The maximum Gasteiger partial charge on any atom is 0.139 e. The van der Waals surface area contributed by atoms with E-state index in [2.05, 4.69) is 10.3 Å². The third-order valence-corrected chi connectivity index (χ3v) is 1.98. The molecule has 0 spiro atoms. The van der Waals surface area contributed by atoms with E-state index in [-0.39, 0.29) is 5.78 Å². The Balaban J connectivity index is 2.34. The summed E-state index contributed by atoms with van der Waals surface area (Å²) in [6.07, 6.45) is 4.02. The summed E-state index contributed by atoms with van der Waals surface area (Å²) in [7, 11) is 1.55. The number of nitrogens with zero attached hydrogens (tertiary/aromatic N) is 3. The van der Waals surface area contributed by atoms with E-state index < -0.39 is 0 Å². The van der Waals surface area contributed by atoms with Crippen molar-refractivity contribution in [1.29, 1.82) is 0 Å². The summed E-state index contributed by atoms with van der Waals surface area (Å²) in [6, 6.07) is 3.65. The van der Waals surface area contributed by atoms with Crippen molar-refractivity contribution in [3.8, 4) is 0 Å². The van der Waals surface area contributed by atoms with Gasteiger partial charge in [-0.05, 0) is 11.6 Å². The highest BCUT2D eigenvalue weighted by Gasteiger charge is 2.05. The number of rotatable bonds is 6. The van der Waals surface area contributed by atoms with E-state index in [9.17, 15) is 9.70 Å². The smallest absolute Gasteiger partial charge is 0.139 e. The van der Waals surface area contributed by atoms with E-state index in [0.29, 0.717) is 19.4 Å². The third kappa shape index (κ3) is 4.30. The number of ketones is 1. The average Bonchev–Trinajstić information content (AvgIpc) is 2.27. The lowest BCUT2D eigenvalue weighted by Crippen LogP contribution is -2.16. The monoisotopic (exact) mass is 207 g/mol. The van der Waals surface area contributed by atoms with Gasteiger partial charge in [0, 0.05) is 38.8 Å². The molecule has 0 aromatic carbocycles. The summed E-state index contributed by atoms with van der Waals surface area (Å²) < 4.78 is 0. The van der Waals surface area contributed by atoms with Crippen molar-refractivity contribution in [2.45, 2.75) is 12.8 Å². The molecule has 0 atom stereocenters. The number of hydrogen-bond acceptors (Lipinski definition) is 4. The van der Waals surface area contributed by atoms with Gasteiger partial charge >= 0.3 is 0 Å². The number of aromatic nitrogens is 1. The van der Waals surface area contributed by atoms with Crippen LogP contribution in [-0.2, 0) is 11.2 Å². The normalized spacial score (nSPS) is 9.67. The summed E-state index contributed by atoms with van der Waals surface area (Å²) in [5, 5.41) is 3.90. The lowest BCUT2D eigenvalue weighted by molar-refractivity contribution is -0.118. The van der Waals surface area contributed by atoms with Gasteiger partial charge in [0.25, 0.3) is 0 Å². The number of hydrogen-bond donors (Lipinski definition) is 0. The molecule has 1 rings (SSSR count). The number of pyridine rings is 1. The van der Waals surface area contributed by atoms with Crippen LogP contribution in [0.5, 0.6) is 0 Å². The average molecular weight is 207 g/mol. The van der Waals surface area contributed by atoms with Crippen molar-refractivity contribution in [2.24, 2.45) is 5.29 Å². The molecule has 80 valence electrons. The van der Waals surface area contributed by atoms with E-state index in [0.717, 1.165) is 5.56 Å². The van der Waals surface area contributed by atoms with Crippen molar-refractivity contribution in [2.75, 3.05) is 13.6 Å². The van der Waals surface area contributed by atoms with Crippen molar-refractivity contribution in [3.63, 3.8) is 0 Å². The van der Waals surface area contributed by atoms with E-state index >= 15 is 0 Å². The molecule has 0 saturated carbocycles. The Morgan fingerprint density at radius 1 is 1.60 bits per heavy atom. The van der Waals surface area contributed by atoms with Gasteiger partial charge < -0.3 is 0 Å². The van der Waals surface area contributed by atoms with Crippen LogP contribution in [0.1, 0.15) is 12.0 Å². The van der Waals surface area contributed by atoms with Gasteiger partial charge in [-0.3, -0.25) is 14.8 Å². The largest absolute Gasteiger partial charge is 0.299 e. The molecule has 5 heteroatoms. The molecule has 0 radical (unpaired) electrons. The van der Waals surface area contributed by atoms with E-state index in [4.69, 9.17) is 0 Å². The van der Waals surface area contributed by atoms with Crippen LogP contribution in [-0.4, -0.2) is 29.4 Å². The minimum absolute atomic E-state index is 0.0819. The summed E-state index contributed by atoms with van der Waals surface area (Å²) >= 11 is 0. The van der Waals surface area contributed by atoms with Gasteiger partial charge in [-0.2, -0.15) is 0 Å². The Morgan fingerprint density at radius 3 is 3.00 bits per heavy atom. The third-order valence-electron chi connectivity index (χ3n) is 1.98. The Morgan fingerprint density at radius 2 is 2.40 bits per heavy atom. The molecule has 0 fully saturated rings. The molecule has 0 aliphatic heterocycles. The van der Waals surface area contributed by atoms with Crippen LogP contribution in [0.2, 0.25) is 0 Å². The Bertz CT molecular complexity index is 327. The predicted octanol–water partition coefficient (Wildman–Crippen LogP) is 1.20. The van der Waals surface area contributed by atoms with Crippen LogP contribution in [0.25, 0.3) is 0 Å². The zero-order valence-corrected chi connectivity index (χ0v) is 8.59. The number of carbonyl (C=O) groups is 1. The van der Waals surface area contributed by atoms with E-state index in [1.807, 2.05) is 6.07 Å². The van der Waals surface area contributed by atoms with Crippen LogP contribution in [0.4, 0.5) is 0 Å². The second kappa shape index (κ2) is 5.85. The second-order valence-electron chi connectivity index (χ2n) is 3.29. The van der Waals surface area contributed by atoms with Gasteiger partial charge in [-0.15, -0.1) is 4.91 Å². The van der Waals surface area contributed by atoms with Crippen LogP contribution in [0.15, 0.2) is 29.8 Å². The van der Waals surface area contributed by atoms with Gasteiger partial charge in [-0.25, -0.2) is 0 Å². The minimum Gasteiger partial charge on any atom is -0.299 e.